The van der Waals surface area contributed by atoms with E-state index in [1.807, 2.05) is 13.8 Å². The summed E-state index contributed by atoms with van der Waals surface area (Å²) in [6.07, 6.45) is 2.20. The van der Waals surface area contributed by atoms with Crippen LogP contribution in [0.5, 0.6) is 0 Å². The van der Waals surface area contributed by atoms with Gasteiger partial charge in [0.15, 0.2) is 5.76 Å². The van der Waals surface area contributed by atoms with Gasteiger partial charge in [-0.05, 0) is 32.4 Å². The first kappa shape index (κ1) is 11.1. The van der Waals surface area contributed by atoms with Gasteiger partial charge in [-0.3, -0.25) is 4.79 Å². The molecular weight excluding hydrogens is 202 g/mol. The molecule has 0 unspecified atom stereocenters. The van der Waals surface area contributed by atoms with Crippen molar-refractivity contribution in [3.63, 3.8) is 0 Å². The average Bonchev–Trinajstić information content (AvgIpc) is 2.53. The van der Waals surface area contributed by atoms with E-state index in [1.165, 1.54) is 6.26 Å². The highest BCUT2D eigenvalue weighted by molar-refractivity contribution is 6.17. The lowest BCUT2D eigenvalue weighted by atomic mass is 10.0. The van der Waals surface area contributed by atoms with Crippen molar-refractivity contribution in [3.8, 4) is 0 Å². The zero-order valence-electron chi connectivity index (χ0n) is 8.34. The molecule has 1 heterocycles. The summed E-state index contributed by atoms with van der Waals surface area (Å²) in [6.45, 7) is 3.85. The Morgan fingerprint density at radius 1 is 1.64 bits per heavy atom. The molecule has 3 nitrogen and oxygen atoms in total. The molecule has 0 aromatic carbocycles. The highest BCUT2D eigenvalue weighted by Crippen LogP contribution is 2.11. The molecule has 1 rings (SSSR count). The van der Waals surface area contributed by atoms with E-state index < -0.39 is 0 Å². The van der Waals surface area contributed by atoms with Gasteiger partial charge >= 0.3 is 0 Å². The van der Waals surface area contributed by atoms with Gasteiger partial charge in [-0.25, -0.2) is 0 Å². The number of nitrogens with one attached hydrogen (secondary N) is 1. The van der Waals surface area contributed by atoms with Crippen molar-refractivity contribution in [2.45, 2.75) is 25.8 Å². The van der Waals surface area contributed by atoms with Gasteiger partial charge in [-0.1, -0.05) is 0 Å². The van der Waals surface area contributed by atoms with Crippen LogP contribution >= 0.6 is 11.6 Å². The van der Waals surface area contributed by atoms with Gasteiger partial charge in [-0.2, -0.15) is 0 Å². The van der Waals surface area contributed by atoms with Crippen LogP contribution in [0.3, 0.4) is 0 Å². The van der Waals surface area contributed by atoms with E-state index in [1.54, 1.807) is 12.1 Å². The van der Waals surface area contributed by atoms with Crippen LogP contribution in [0.2, 0.25) is 0 Å². The predicted octanol–water partition coefficient (Wildman–Crippen LogP) is 2.42. The summed E-state index contributed by atoms with van der Waals surface area (Å²) in [5.41, 5.74) is -0.300. The van der Waals surface area contributed by atoms with E-state index in [0.717, 1.165) is 6.42 Å². The number of alkyl halides is 1. The molecule has 0 atom stereocenters. The van der Waals surface area contributed by atoms with E-state index in [-0.39, 0.29) is 11.4 Å². The molecule has 0 fully saturated rings. The van der Waals surface area contributed by atoms with Crippen LogP contribution in [-0.4, -0.2) is 17.3 Å². The standard InChI is InChI=1S/C10H14ClNO2/c1-10(2,5-6-11)12-9(13)8-4-3-7-14-8/h3-4,7H,5-6H2,1-2H3,(H,12,13). The van der Waals surface area contributed by atoms with Gasteiger partial charge in [0, 0.05) is 11.4 Å². The number of hydrogen-bond acceptors (Lipinski definition) is 2. The molecule has 0 saturated heterocycles. The molecule has 1 amide bonds. The molecule has 0 spiro atoms. The van der Waals surface area contributed by atoms with Gasteiger partial charge in [0.1, 0.15) is 0 Å². The quantitative estimate of drug-likeness (QED) is 0.784. The van der Waals surface area contributed by atoms with Crippen molar-refractivity contribution in [2.75, 3.05) is 5.88 Å². The SMILES string of the molecule is CC(C)(CCCl)NC(=O)c1ccco1. The maximum absolute atomic E-state index is 11.5. The van der Waals surface area contributed by atoms with Crippen molar-refractivity contribution < 1.29 is 9.21 Å². The third-order valence-corrected chi connectivity index (χ3v) is 2.11. The molecule has 0 aliphatic heterocycles. The molecule has 0 bridgehead atoms. The van der Waals surface area contributed by atoms with Gasteiger partial charge in [0.05, 0.1) is 6.26 Å². The van der Waals surface area contributed by atoms with Crippen LogP contribution in [0.1, 0.15) is 30.8 Å². The molecule has 0 aliphatic rings. The largest absolute Gasteiger partial charge is 0.459 e. The summed E-state index contributed by atoms with van der Waals surface area (Å²) in [6, 6.07) is 3.32. The number of amides is 1. The summed E-state index contributed by atoms with van der Waals surface area (Å²) in [7, 11) is 0. The van der Waals surface area contributed by atoms with Crippen molar-refractivity contribution in [3.05, 3.63) is 24.2 Å². The lowest BCUT2D eigenvalue weighted by Gasteiger charge is -2.24. The fourth-order valence-electron chi connectivity index (χ4n) is 1.08. The first-order chi connectivity index (χ1) is 6.55. The van der Waals surface area contributed by atoms with E-state index in [0.29, 0.717) is 11.6 Å². The maximum Gasteiger partial charge on any atom is 0.287 e. The fourth-order valence-corrected chi connectivity index (χ4v) is 1.55. The zero-order chi connectivity index (χ0) is 10.6. The Kier molecular flexibility index (Phi) is 3.58. The molecule has 4 heteroatoms. The molecule has 78 valence electrons. The first-order valence-electron chi connectivity index (χ1n) is 4.47. The second-order valence-corrected chi connectivity index (χ2v) is 4.13. The van der Waals surface area contributed by atoms with Crippen LogP contribution in [0, 0.1) is 0 Å². The highest BCUT2D eigenvalue weighted by Gasteiger charge is 2.21. The molecule has 14 heavy (non-hydrogen) atoms. The Bertz CT molecular complexity index is 293. The Hall–Kier alpha value is -0.960. The Labute approximate surface area is 88.4 Å². The van der Waals surface area contributed by atoms with E-state index >= 15 is 0 Å². The fraction of sp³-hybridized carbons (Fsp3) is 0.500. The number of hydrogen-bond donors (Lipinski definition) is 1. The molecule has 1 aromatic rings. The first-order valence-corrected chi connectivity index (χ1v) is 5.00. The predicted molar refractivity (Wildman–Crippen MR) is 55.6 cm³/mol. The summed E-state index contributed by atoms with van der Waals surface area (Å²) >= 11 is 5.62. The van der Waals surface area contributed by atoms with Crippen molar-refractivity contribution in [1.82, 2.24) is 5.32 Å². The summed E-state index contributed by atoms with van der Waals surface area (Å²) < 4.78 is 4.97. The van der Waals surface area contributed by atoms with Gasteiger partial charge in [0.2, 0.25) is 0 Å². The average molecular weight is 216 g/mol. The Balaban J connectivity index is 2.57. The number of rotatable bonds is 4. The van der Waals surface area contributed by atoms with Crippen molar-refractivity contribution in [2.24, 2.45) is 0 Å². The molecule has 0 saturated carbocycles. The second-order valence-electron chi connectivity index (χ2n) is 3.75. The number of carbonyl (C=O) groups excluding carboxylic acids is 1. The van der Waals surface area contributed by atoms with Crippen LogP contribution in [0.25, 0.3) is 0 Å². The third-order valence-electron chi connectivity index (χ3n) is 1.92. The molecule has 0 aliphatic carbocycles. The van der Waals surface area contributed by atoms with Gasteiger partial charge < -0.3 is 9.73 Å². The summed E-state index contributed by atoms with van der Waals surface area (Å²) in [4.78, 5) is 11.5. The zero-order valence-corrected chi connectivity index (χ0v) is 9.10. The number of halogens is 1. The van der Waals surface area contributed by atoms with Crippen LogP contribution < -0.4 is 5.32 Å². The van der Waals surface area contributed by atoms with Crippen LogP contribution in [0.15, 0.2) is 22.8 Å². The number of furan rings is 1. The lowest BCUT2D eigenvalue weighted by molar-refractivity contribution is 0.0883. The van der Waals surface area contributed by atoms with E-state index in [4.69, 9.17) is 16.0 Å². The number of carbonyl (C=O) groups is 1. The van der Waals surface area contributed by atoms with Crippen molar-refractivity contribution in [1.29, 1.82) is 0 Å². The molecule has 1 aromatic heterocycles. The molecule has 0 radical (unpaired) electrons. The Morgan fingerprint density at radius 3 is 2.86 bits per heavy atom. The van der Waals surface area contributed by atoms with Gasteiger partial charge in [-0.15, -0.1) is 11.6 Å². The lowest BCUT2D eigenvalue weighted by Crippen LogP contribution is -2.43. The molecule has 1 N–H and O–H groups in total. The monoisotopic (exact) mass is 215 g/mol. The Morgan fingerprint density at radius 2 is 2.36 bits per heavy atom. The molecular formula is C10H14ClNO2. The van der Waals surface area contributed by atoms with E-state index in [2.05, 4.69) is 5.32 Å². The van der Waals surface area contributed by atoms with Crippen LogP contribution in [-0.2, 0) is 0 Å². The minimum absolute atomic E-state index is 0.204. The highest BCUT2D eigenvalue weighted by atomic mass is 35.5. The van der Waals surface area contributed by atoms with Crippen molar-refractivity contribution >= 4 is 17.5 Å². The summed E-state index contributed by atoms with van der Waals surface area (Å²) in [5, 5.41) is 2.84. The topological polar surface area (TPSA) is 42.2 Å². The van der Waals surface area contributed by atoms with Gasteiger partial charge in [0.25, 0.3) is 5.91 Å². The maximum atomic E-state index is 11.5. The minimum Gasteiger partial charge on any atom is -0.459 e. The smallest absolute Gasteiger partial charge is 0.287 e. The van der Waals surface area contributed by atoms with Crippen LogP contribution in [0.4, 0.5) is 0 Å². The third kappa shape index (κ3) is 3.07. The van der Waals surface area contributed by atoms with E-state index in [9.17, 15) is 4.79 Å². The minimum atomic E-state index is -0.300. The summed E-state index contributed by atoms with van der Waals surface area (Å²) in [5.74, 6) is 0.642. The second kappa shape index (κ2) is 4.51. The normalized spacial score (nSPS) is 11.4.